The standard InChI is InChI=1S/C10H12BrF2NS/c11-8-1-6-15-9(8)7-14-4-2-10(12,13)3-5-14/h1,6H,2-5,7H2. The van der Waals surface area contributed by atoms with Crippen LogP contribution in [-0.2, 0) is 6.54 Å². The second-order valence-corrected chi connectivity index (χ2v) is 5.68. The Morgan fingerprint density at radius 3 is 2.60 bits per heavy atom. The molecule has 1 saturated heterocycles. The molecule has 15 heavy (non-hydrogen) atoms. The fourth-order valence-electron chi connectivity index (χ4n) is 1.68. The number of halogens is 3. The first-order valence-electron chi connectivity index (χ1n) is 4.89. The Hall–Kier alpha value is -0.000000000000000111. The van der Waals surface area contributed by atoms with Gasteiger partial charge in [0.2, 0.25) is 0 Å². The van der Waals surface area contributed by atoms with E-state index in [1.165, 1.54) is 4.88 Å². The number of rotatable bonds is 2. The van der Waals surface area contributed by atoms with Gasteiger partial charge in [-0.2, -0.15) is 0 Å². The first-order valence-corrected chi connectivity index (χ1v) is 6.56. The maximum absolute atomic E-state index is 12.9. The molecule has 0 unspecified atom stereocenters. The molecule has 0 radical (unpaired) electrons. The van der Waals surface area contributed by atoms with Gasteiger partial charge in [0.15, 0.2) is 0 Å². The summed E-state index contributed by atoms with van der Waals surface area (Å²) in [6, 6.07) is 2.00. The van der Waals surface area contributed by atoms with Crippen LogP contribution < -0.4 is 0 Å². The summed E-state index contributed by atoms with van der Waals surface area (Å²) in [5, 5.41) is 2.01. The zero-order valence-corrected chi connectivity index (χ0v) is 10.6. The SMILES string of the molecule is FC1(F)CCN(Cc2sccc2Br)CC1. The van der Waals surface area contributed by atoms with Gasteiger partial charge in [-0.05, 0) is 27.4 Å². The number of piperidine rings is 1. The minimum Gasteiger partial charge on any atom is -0.298 e. The number of thiophene rings is 1. The van der Waals surface area contributed by atoms with Crippen molar-refractivity contribution in [2.75, 3.05) is 13.1 Å². The van der Waals surface area contributed by atoms with Crippen LogP contribution >= 0.6 is 27.3 Å². The molecule has 0 amide bonds. The first kappa shape index (κ1) is 11.5. The van der Waals surface area contributed by atoms with E-state index in [1.54, 1.807) is 11.3 Å². The normalized spacial score (nSPS) is 21.8. The molecule has 0 N–H and O–H groups in total. The van der Waals surface area contributed by atoms with Crippen molar-refractivity contribution in [3.63, 3.8) is 0 Å². The third-order valence-electron chi connectivity index (χ3n) is 2.65. The van der Waals surface area contributed by atoms with E-state index >= 15 is 0 Å². The third kappa shape index (κ3) is 2.98. The van der Waals surface area contributed by atoms with Gasteiger partial charge >= 0.3 is 0 Å². The van der Waals surface area contributed by atoms with Crippen molar-refractivity contribution in [3.8, 4) is 0 Å². The van der Waals surface area contributed by atoms with Crippen molar-refractivity contribution in [2.24, 2.45) is 0 Å². The minimum atomic E-state index is -2.44. The van der Waals surface area contributed by atoms with Gasteiger partial charge < -0.3 is 0 Å². The summed E-state index contributed by atoms with van der Waals surface area (Å²) in [6.07, 6.45) is -0.00795. The van der Waals surface area contributed by atoms with Crippen LogP contribution in [0.4, 0.5) is 8.78 Å². The Morgan fingerprint density at radius 2 is 2.07 bits per heavy atom. The maximum atomic E-state index is 12.9. The number of alkyl halides is 2. The molecule has 1 fully saturated rings. The van der Waals surface area contributed by atoms with Gasteiger partial charge in [-0.1, -0.05) is 0 Å². The van der Waals surface area contributed by atoms with Gasteiger partial charge in [-0.3, -0.25) is 4.90 Å². The average molecular weight is 296 g/mol. The molecule has 2 rings (SSSR count). The van der Waals surface area contributed by atoms with Gasteiger partial charge in [0.25, 0.3) is 5.92 Å². The predicted molar refractivity (Wildman–Crippen MR) is 61.5 cm³/mol. The zero-order chi connectivity index (χ0) is 10.9. The molecule has 1 aromatic rings. The van der Waals surface area contributed by atoms with E-state index in [2.05, 4.69) is 20.8 Å². The largest absolute Gasteiger partial charge is 0.298 e. The minimum absolute atomic E-state index is 0.00397. The van der Waals surface area contributed by atoms with Crippen molar-refractivity contribution in [1.29, 1.82) is 0 Å². The topological polar surface area (TPSA) is 3.24 Å². The van der Waals surface area contributed by atoms with Crippen molar-refractivity contribution in [1.82, 2.24) is 4.90 Å². The molecule has 2 heterocycles. The molecule has 0 bridgehead atoms. The molecule has 1 aromatic heterocycles. The van der Waals surface area contributed by atoms with Crippen molar-refractivity contribution < 1.29 is 8.78 Å². The van der Waals surface area contributed by atoms with Crippen LogP contribution in [0.25, 0.3) is 0 Å². The quantitative estimate of drug-likeness (QED) is 0.803. The first-order chi connectivity index (χ1) is 7.07. The molecule has 0 atom stereocenters. The van der Waals surface area contributed by atoms with E-state index in [-0.39, 0.29) is 12.8 Å². The second-order valence-electron chi connectivity index (χ2n) is 3.82. The number of likely N-dealkylation sites (tertiary alicyclic amines) is 1. The van der Waals surface area contributed by atoms with Crippen molar-refractivity contribution >= 4 is 27.3 Å². The van der Waals surface area contributed by atoms with E-state index in [0.717, 1.165) is 11.0 Å². The van der Waals surface area contributed by atoms with E-state index < -0.39 is 5.92 Å². The predicted octanol–water partition coefficient (Wildman–Crippen LogP) is 3.74. The van der Waals surface area contributed by atoms with Crippen LogP contribution in [0.15, 0.2) is 15.9 Å². The molecular weight excluding hydrogens is 284 g/mol. The summed E-state index contributed by atoms with van der Waals surface area (Å²) in [5.41, 5.74) is 0. The summed E-state index contributed by atoms with van der Waals surface area (Å²) in [4.78, 5) is 3.31. The van der Waals surface area contributed by atoms with Crippen LogP contribution in [0.2, 0.25) is 0 Å². The lowest BCUT2D eigenvalue weighted by Crippen LogP contribution is -2.38. The highest BCUT2D eigenvalue weighted by atomic mass is 79.9. The smallest absolute Gasteiger partial charge is 0.250 e. The van der Waals surface area contributed by atoms with Gasteiger partial charge in [-0.15, -0.1) is 11.3 Å². The van der Waals surface area contributed by atoms with Crippen LogP contribution in [0.1, 0.15) is 17.7 Å². The summed E-state index contributed by atoms with van der Waals surface area (Å²) >= 11 is 5.12. The van der Waals surface area contributed by atoms with Gasteiger partial charge in [0, 0.05) is 41.8 Å². The van der Waals surface area contributed by atoms with Gasteiger partial charge in [0.1, 0.15) is 0 Å². The summed E-state index contributed by atoms with van der Waals surface area (Å²) in [6.45, 7) is 1.78. The molecule has 84 valence electrons. The van der Waals surface area contributed by atoms with Gasteiger partial charge in [-0.25, -0.2) is 8.78 Å². The van der Waals surface area contributed by atoms with Crippen molar-refractivity contribution in [2.45, 2.75) is 25.3 Å². The Morgan fingerprint density at radius 1 is 1.40 bits per heavy atom. The van der Waals surface area contributed by atoms with E-state index in [9.17, 15) is 8.78 Å². The van der Waals surface area contributed by atoms with Crippen LogP contribution in [0.3, 0.4) is 0 Å². The average Bonchev–Trinajstić information content (AvgIpc) is 2.56. The lowest BCUT2D eigenvalue weighted by Gasteiger charge is -2.31. The van der Waals surface area contributed by atoms with Crippen molar-refractivity contribution in [3.05, 3.63) is 20.8 Å². The second kappa shape index (κ2) is 4.47. The molecular formula is C10H12BrF2NS. The van der Waals surface area contributed by atoms with E-state index in [4.69, 9.17) is 0 Å². The molecule has 1 nitrogen and oxygen atoms in total. The Bertz CT molecular complexity index is 330. The fraction of sp³-hybridized carbons (Fsp3) is 0.600. The molecule has 0 spiro atoms. The molecule has 1 aliphatic heterocycles. The van der Waals surface area contributed by atoms with E-state index in [0.29, 0.717) is 13.1 Å². The Labute approximate surface area is 100 Å². The highest BCUT2D eigenvalue weighted by Crippen LogP contribution is 2.30. The van der Waals surface area contributed by atoms with E-state index in [1.807, 2.05) is 11.4 Å². The zero-order valence-electron chi connectivity index (χ0n) is 8.18. The molecule has 0 aliphatic carbocycles. The number of hydrogen-bond donors (Lipinski definition) is 0. The van der Waals surface area contributed by atoms with Crippen LogP contribution in [0, 0.1) is 0 Å². The highest BCUT2D eigenvalue weighted by molar-refractivity contribution is 9.10. The summed E-state index contributed by atoms with van der Waals surface area (Å²) in [5.74, 6) is -2.44. The Kier molecular flexibility index (Phi) is 3.42. The summed E-state index contributed by atoms with van der Waals surface area (Å²) in [7, 11) is 0. The molecule has 1 aliphatic rings. The van der Waals surface area contributed by atoms with Crippen LogP contribution in [0.5, 0.6) is 0 Å². The molecule has 0 aromatic carbocycles. The van der Waals surface area contributed by atoms with Crippen LogP contribution in [-0.4, -0.2) is 23.9 Å². The highest BCUT2D eigenvalue weighted by Gasteiger charge is 2.33. The fourth-order valence-corrected chi connectivity index (χ4v) is 3.20. The Balaban J connectivity index is 1.90. The summed E-state index contributed by atoms with van der Waals surface area (Å²) < 4.78 is 26.9. The third-order valence-corrected chi connectivity index (χ3v) is 4.56. The molecule has 0 saturated carbocycles. The number of nitrogens with zero attached hydrogens (tertiary/aromatic N) is 1. The van der Waals surface area contributed by atoms with Gasteiger partial charge in [0.05, 0.1) is 0 Å². The molecule has 5 heteroatoms. The lowest BCUT2D eigenvalue weighted by molar-refractivity contribution is -0.0565. The number of hydrogen-bond acceptors (Lipinski definition) is 2. The lowest BCUT2D eigenvalue weighted by atomic mass is 10.1. The monoisotopic (exact) mass is 295 g/mol. The maximum Gasteiger partial charge on any atom is 0.250 e.